The quantitative estimate of drug-likeness (QED) is 0.814. The molecule has 4 nitrogen and oxygen atoms in total. The third-order valence-corrected chi connectivity index (χ3v) is 4.50. The van der Waals surface area contributed by atoms with E-state index in [1.165, 1.54) is 0 Å². The van der Waals surface area contributed by atoms with Crippen molar-refractivity contribution in [3.8, 4) is 0 Å². The van der Waals surface area contributed by atoms with Gasteiger partial charge in [0.2, 0.25) is 10.0 Å². The molecule has 2 aromatic carbocycles. The van der Waals surface area contributed by atoms with Crippen LogP contribution in [0.5, 0.6) is 0 Å². The summed E-state index contributed by atoms with van der Waals surface area (Å²) < 4.78 is 78.9. The lowest BCUT2D eigenvalue weighted by atomic mass is 10.1. The highest BCUT2D eigenvalue weighted by molar-refractivity contribution is 7.89. The molecule has 23 heavy (non-hydrogen) atoms. The summed E-state index contributed by atoms with van der Waals surface area (Å²) in [6.07, 6.45) is 0. The summed E-state index contributed by atoms with van der Waals surface area (Å²) in [6.45, 7) is -0.485. The summed E-state index contributed by atoms with van der Waals surface area (Å²) in [4.78, 5) is -0.885. The highest BCUT2D eigenvalue weighted by Crippen LogP contribution is 2.19. The van der Waals surface area contributed by atoms with Gasteiger partial charge in [-0.25, -0.2) is 30.7 Å². The Balaban J connectivity index is 2.17. The molecule has 2 rings (SSSR count). The summed E-state index contributed by atoms with van der Waals surface area (Å²) in [5.41, 5.74) is 5.53. The van der Waals surface area contributed by atoms with Crippen LogP contribution in [0.2, 0.25) is 0 Å². The highest BCUT2D eigenvalue weighted by Gasteiger charge is 2.23. The molecule has 0 aromatic heterocycles. The minimum absolute atomic E-state index is 0.117. The molecule has 0 aliphatic heterocycles. The zero-order valence-electron chi connectivity index (χ0n) is 11.6. The van der Waals surface area contributed by atoms with Gasteiger partial charge in [0.05, 0.1) is 0 Å². The average Bonchev–Trinajstić information content (AvgIpc) is 2.47. The van der Waals surface area contributed by atoms with E-state index in [-0.39, 0.29) is 5.56 Å². The van der Waals surface area contributed by atoms with Crippen molar-refractivity contribution in [1.82, 2.24) is 4.72 Å². The second-order valence-corrected chi connectivity index (χ2v) is 6.41. The smallest absolute Gasteiger partial charge is 0.243 e. The van der Waals surface area contributed by atoms with Crippen LogP contribution in [-0.2, 0) is 10.0 Å². The van der Waals surface area contributed by atoms with Gasteiger partial charge in [-0.05, 0) is 18.2 Å². The number of rotatable bonds is 5. The van der Waals surface area contributed by atoms with Crippen molar-refractivity contribution in [1.29, 1.82) is 0 Å². The lowest BCUT2D eigenvalue weighted by Crippen LogP contribution is -2.33. The van der Waals surface area contributed by atoms with E-state index in [4.69, 9.17) is 5.73 Å². The van der Waals surface area contributed by atoms with Crippen LogP contribution in [0.3, 0.4) is 0 Å². The molecule has 124 valence electrons. The van der Waals surface area contributed by atoms with Crippen LogP contribution >= 0.6 is 0 Å². The van der Waals surface area contributed by atoms with Crippen LogP contribution in [0.25, 0.3) is 0 Å². The van der Waals surface area contributed by atoms with Crippen molar-refractivity contribution in [3.05, 3.63) is 65.2 Å². The fraction of sp³-hybridized carbons (Fsp3) is 0.143. The molecule has 3 N–H and O–H groups in total. The van der Waals surface area contributed by atoms with Crippen LogP contribution in [0.4, 0.5) is 17.6 Å². The van der Waals surface area contributed by atoms with Gasteiger partial charge >= 0.3 is 0 Å². The van der Waals surface area contributed by atoms with Gasteiger partial charge in [-0.3, -0.25) is 0 Å². The summed E-state index contributed by atoms with van der Waals surface area (Å²) in [6, 6.07) is 4.20. The molecule has 0 saturated carbocycles. The minimum Gasteiger partial charge on any atom is -0.323 e. The van der Waals surface area contributed by atoms with Crippen molar-refractivity contribution >= 4 is 10.0 Å². The normalized spacial score (nSPS) is 13.1. The van der Waals surface area contributed by atoms with Gasteiger partial charge < -0.3 is 5.73 Å². The highest BCUT2D eigenvalue weighted by atomic mass is 32.2. The fourth-order valence-electron chi connectivity index (χ4n) is 1.88. The van der Waals surface area contributed by atoms with Gasteiger partial charge in [-0.2, -0.15) is 0 Å². The maximum Gasteiger partial charge on any atom is 0.243 e. The lowest BCUT2D eigenvalue weighted by Gasteiger charge is -2.14. The summed E-state index contributed by atoms with van der Waals surface area (Å²) in [7, 11) is -4.38. The van der Waals surface area contributed by atoms with Crippen molar-refractivity contribution in [3.63, 3.8) is 0 Å². The monoisotopic (exact) mass is 348 g/mol. The average molecular weight is 348 g/mol. The Labute approximate surface area is 130 Å². The molecule has 0 aliphatic carbocycles. The van der Waals surface area contributed by atoms with Crippen molar-refractivity contribution in [2.45, 2.75) is 10.9 Å². The second kappa shape index (κ2) is 6.65. The fourth-order valence-corrected chi connectivity index (χ4v) is 3.03. The molecule has 1 atom stereocenters. The Hall–Kier alpha value is -1.97. The number of halogens is 4. The van der Waals surface area contributed by atoms with Crippen molar-refractivity contribution in [2.24, 2.45) is 5.73 Å². The first-order valence-corrected chi connectivity index (χ1v) is 7.85. The zero-order chi connectivity index (χ0) is 17.2. The molecule has 0 spiro atoms. The second-order valence-electron chi connectivity index (χ2n) is 4.68. The first-order valence-electron chi connectivity index (χ1n) is 6.36. The Morgan fingerprint density at radius 1 is 1.04 bits per heavy atom. The standard InChI is InChI=1S/C14H12F4N2O2S/c15-8-4-5-9(11(17)6-8)12(19)7-20-23(21,22)13-3-1-2-10(16)14(13)18/h1-6,12,20H,7,19H2/t12-/m1/s1. The molecule has 0 saturated heterocycles. The molecule has 0 heterocycles. The molecular weight excluding hydrogens is 336 g/mol. The van der Waals surface area contributed by atoms with Crippen LogP contribution < -0.4 is 10.5 Å². The first kappa shape index (κ1) is 17.4. The molecule has 0 fully saturated rings. The number of nitrogens with one attached hydrogen (secondary N) is 1. The molecule has 2 aromatic rings. The number of nitrogens with two attached hydrogens (primary N) is 1. The third kappa shape index (κ3) is 3.87. The molecule has 0 aliphatic rings. The van der Waals surface area contributed by atoms with E-state index in [9.17, 15) is 26.0 Å². The van der Waals surface area contributed by atoms with E-state index in [1.54, 1.807) is 0 Å². The van der Waals surface area contributed by atoms with Crippen molar-refractivity contribution in [2.75, 3.05) is 6.54 Å². The topological polar surface area (TPSA) is 72.2 Å². The van der Waals surface area contributed by atoms with Crippen LogP contribution in [-0.4, -0.2) is 15.0 Å². The van der Waals surface area contributed by atoms with E-state index < -0.39 is 50.8 Å². The molecule has 0 radical (unpaired) electrons. The third-order valence-electron chi connectivity index (χ3n) is 3.06. The Morgan fingerprint density at radius 2 is 1.74 bits per heavy atom. The van der Waals surface area contributed by atoms with Crippen LogP contribution in [0, 0.1) is 23.3 Å². The first-order chi connectivity index (χ1) is 10.7. The molecule has 9 heteroatoms. The summed E-state index contributed by atoms with van der Waals surface area (Å²) >= 11 is 0. The molecule has 0 unspecified atom stereocenters. The van der Waals surface area contributed by atoms with Crippen LogP contribution in [0.15, 0.2) is 41.3 Å². The van der Waals surface area contributed by atoms with Gasteiger partial charge in [0, 0.05) is 24.2 Å². The predicted molar refractivity (Wildman–Crippen MR) is 74.8 cm³/mol. The molecule has 0 bridgehead atoms. The van der Waals surface area contributed by atoms with Gasteiger partial charge in [0.15, 0.2) is 11.6 Å². The predicted octanol–water partition coefficient (Wildman–Crippen LogP) is 2.22. The Bertz CT molecular complexity index is 828. The van der Waals surface area contributed by atoms with Gasteiger partial charge in [0.25, 0.3) is 0 Å². The molecular formula is C14H12F4N2O2S. The van der Waals surface area contributed by atoms with E-state index >= 15 is 0 Å². The van der Waals surface area contributed by atoms with E-state index in [0.29, 0.717) is 6.07 Å². The van der Waals surface area contributed by atoms with E-state index in [2.05, 4.69) is 0 Å². The number of benzene rings is 2. The largest absolute Gasteiger partial charge is 0.323 e. The molecule has 0 amide bonds. The summed E-state index contributed by atoms with van der Waals surface area (Å²) in [5.74, 6) is -4.59. The lowest BCUT2D eigenvalue weighted by molar-refractivity contribution is 0.482. The Kier molecular flexibility index (Phi) is 5.03. The van der Waals surface area contributed by atoms with E-state index in [1.807, 2.05) is 4.72 Å². The Morgan fingerprint density at radius 3 is 2.39 bits per heavy atom. The van der Waals surface area contributed by atoms with Crippen LogP contribution in [0.1, 0.15) is 11.6 Å². The number of hydrogen-bond donors (Lipinski definition) is 2. The van der Waals surface area contributed by atoms with Crippen molar-refractivity contribution < 1.29 is 26.0 Å². The van der Waals surface area contributed by atoms with Gasteiger partial charge in [-0.1, -0.05) is 12.1 Å². The SMILES string of the molecule is N[C@H](CNS(=O)(=O)c1cccc(F)c1F)c1ccc(F)cc1F. The minimum atomic E-state index is -4.38. The summed E-state index contributed by atoms with van der Waals surface area (Å²) in [5, 5.41) is 0. The number of hydrogen-bond acceptors (Lipinski definition) is 3. The van der Waals surface area contributed by atoms with E-state index in [0.717, 1.165) is 30.3 Å². The van der Waals surface area contributed by atoms with Gasteiger partial charge in [0.1, 0.15) is 16.5 Å². The maximum atomic E-state index is 13.6. The van der Waals surface area contributed by atoms with Gasteiger partial charge in [-0.15, -0.1) is 0 Å². The zero-order valence-corrected chi connectivity index (χ0v) is 12.4. The number of sulfonamides is 1. The maximum absolute atomic E-state index is 13.6.